The summed E-state index contributed by atoms with van der Waals surface area (Å²) in [5, 5.41) is 12.3. The number of rotatable bonds is 3. The van der Waals surface area contributed by atoms with Gasteiger partial charge < -0.3 is 10.4 Å². The molecule has 2 heterocycles. The summed E-state index contributed by atoms with van der Waals surface area (Å²) in [6, 6.07) is 3.54. The van der Waals surface area contributed by atoms with Crippen LogP contribution < -0.4 is 5.32 Å². The number of thiophene rings is 2. The summed E-state index contributed by atoms with van der Waals surface area (Å²) in [5.41, 5.74) is 1.43. The first-order valence-corrected chi connectivity index (χ1v) is 8.44. The molecule has 0 spiro atoms. The molecule has 110 valence electrons. The normalized spacial score (nSPS) is 13.8. The van der Waals surface area contributed by atoms with Crippen LogP contribution in [-0.2, 0) is 12.8 Å². The minimum Gasteiger partial charge on any atom is -0.478 e. The van der Waals surface area contributed by atoms with E-state index in [4.69, 9.17) is 5.11 Å². The first-order valence-electron chi connectivity index (χ1n) is 6.81. The van der Waals surface area contributed by atoms with Gasteiger partial charge in [0.05, 0.1) is 10.4 Å². The molecule has 2 aromatic heterocycles. The number of fused-ring (bicyclic) bond motifs is 1. The first kappa shape index (κ1) is 14.3. The van der Waals surface area contributed by atoms with Crippen molar-refractivity contribution in [1.82, 2.24) is 0 Å². The fraction of sp³-hybridized carbons (Fsp3) is 0.333. The average Bonchev–Trinajstić information content (AvgIpc) is 3.02. The van der Waals surface area contributed by atoms with Crippen molar-refractivity contribution in [1.29, 1.82) is 0 Å². The van der Waals surface area contributed by atoms with Crippen LogP contribution in [-0.4, -0.2) is 17.0 Å². The minimum absolute atomic E-state index is 0.159. The van der Waals surface area contributed by atoms with Gasteiger partial charge in [-0.25, -0.2) is 4.79 Å². The summed E-state index contributed by atoms with van der Waals surface area (Å²) in [6.45, 7) is 1.83. The van der Waals surface area contributed by atoms with Crippen LogP contribution in [0.2, 0.25) is 0 Å². The maximum Gasteiger partial charge on any atom is 0.338 e. The molecule has 0 aliphatic heterocycles. The molecular weight excluding hydrogens is 306 g/mol. The van der Waals surface area contributed by atoms with Crippen LogP contribution in [0.25, 0.3) is 0 Å². The molecule has 0 saturated carbocycles. The van der Waals surface area contributed by atoms with Gasteiger partial charge in [0.15, 0.2) is 0 Å². The number of nitrogens with one attached hydrogen (secondary N) is 1. The molecule has 2 N–H and O–H groups in total. The van der Waals surface area contributed by atoms with Gasteiger partial charge in [-0.3, -0.25) is 4.79 Å². The van der Waals surface area contributed by atoms with E-state index in [9.17, 15) is 9.59 Å². The van der Waals surface area contributed by atoms with Gasteiger partial charge >= 0.3 is 5.97 Å². The highest BCUT2D eigenvalue weighted by Gasteiger charge is 2.20. The number of aryl methyl sites for hydroxylation is 3. The predicted octanol–water partition coefficient (Wildman–Crippen LogP) is 3.95. The largest absolute Gasteiger partial charge is 0.478 e. The number of carboxylic acids is 1. The maximum absolute atomic E-state index is 12.3. The van der Waals surface area contributed by atoms with Gasteiger partial charge in [0, 0.05) is 9.75 Å². The lowest BCUT2D eigenvalue weighted by Crippen LogP contribution is -2.11. The fourth-order valence-electron chi connectivity index (χ4n) is 2.53. The molecule has 1 amide bonds. The van der Waals surface area contributed by atoms with Crippen LogP contribution in [0, 0.1) is 6.92 Å². The van der Waals surface area contributed by atoms with Gasteiger partial charge in [-0.05, 0) is 50.3 Å². The molecule has 0 saturated heterocycles. The number of carbonyl (C=O) groups is 2. The standard InChI is InChI=1S/C15H15NO3S2/c1-8-6-10(15(18)19)14(20-8)16-13(17)12-7-9-4-2-3-5-11(9)21-12/h6-7H,2-5H2,1H3,(H,16,17)(H,18,19). The predicted molar refractivity (Wildman–Crippen MR) is 84.9 cm³/mol. The Balaban J connectivity index is 1.83. The van der Waals surface area contributed by atoms with E-state index in [1.165, 1.54) is 46.0 Å². The molecule has 0 radical (unpaired) electrons. The van der Waals surface area contributed by atoms with Crippen molar-refractivity contribution in [2.75, 3.05) is 5.32 Å². The summed E-state index contributed by atoms with van der Waals surface area (Å²) in [5.74, 6) is -1.22. The van der Waals surface area contributed by atoms with E-state index in [1.54, 1.807) is 6.07 Å². The van der Waals surface area contributed by atoms with Crippen molar-refractivity contribution in [3.05, 3.63) is 37.9 Å². The van der Waals surface area contributed by atoms with Crippen molar-refractivity contribution in [3.8, 4) is 0 Å². The van der Waals surface area contributed by atoms with Crippen molar-refractivity contribution >= 4 is 39.6 Å². The molecular formula is C15H15NO3S2. The van der Waals surface area contributed by atoms with Gasteiger partial charge in [0.2, 0.25) is 0 Å². The topological polar surface area (TPSA) is 66.4 Å². The Kier molecular flexibility index (Phi) is 3.82. The van der Waals surface area contributed by atoms with Crippen LogP contribution in [0.15, 0.2) is 12.1 Å². The van der Waals surface area contributed by atoms with Crippen molar-refractivity contribution in [3.63, 3.8) is 0 Å². The summed E-state index contributed by atoms with van der Waals surface area (Å²) in [6.07, 6.45) is 4.45. The summed E-state index contributed by atoms with van der Waals surface area (Å²) >= 11 is 2.82. The Morgan fingerprint density at radius 2 is 1.95 bits per heavy atom. The molecule has 21 heavy (non-hydrogen) atoms. The monoisotopic (exact) mass is 321 g/mol. The van der Waals surface area contributed by atoms with E-state index in [1.807, 2.05) is 13.0 Å². The highest BCUT2D eigenvalue weighted by Crippen LogP contribution is 2.32. The van der Waals surface area contributed by atoms with Crippen LogP contribution in [0.3, 0.4) is 0 Å². The van der Waals surface area contributed by atoms with E-state index in [0.717, 1.165) is 17.7 Å². The lowest BCUT2D eigenvalue weighted by Gasteiger charge is -2.08. The maximum atomic E-state index is 12.3. The van der Waals surface area contributed by atoms with Crippen LogP contribution >= 0.6 is 22.7 Å². The van der Waals surface area contributed by atoms with Gasteiger partial charge in [0.1, 0.15) is 5.00 Å². The number of aromatic carboxylic acids is 1. The van der Waals surface area contributed by atoms with Crippen molar-refractivity contribution in [2.45, 2.75) is 32.6 Å². The number of hydrogen-bond donors (Lipinski definition) is 2. The molecule has 6 heteroatoms. The zero-order chi connectivity index (χ0) is 15.0. The van der Waals surface area contributed by atoms with Crippen molar-refractivity contribution in [2.24, 2.45) is 0 Å². The van der Waals surface area contributed by atoms with E-state index in [2.05, 4.69) is 5.32 Å². The van der Waals surface area contributed by atoms with E-state index < -0.39 is 5.97 Å². The second kappa shape index (κ2) is 5.61. The van der Waals surface area contributed by atoms with Gasteiger partial charge in [-0.2, -0.15) is 0 Å². The average molecular weight is 321 g/mol. The molecule has 0 fully saturated rings. The molecule has 1 aliphatic carbocycles. The smallest absolute Gasteiger partial charge is 0.338 e. The molecule has 0 bridgehead atoms. The third-order valence-corrected chi connectivity index (χ3v) is 5.73. The molecule has 0 unspecified atom stereocenters. The van der Waals surface area contributed by atoms with Gasteiger partial charge in [-0.1, -0.05) is 0 Å². The summed E-state index contributed by atoms with van der Waals surface area (Å²) < 4.78 is 0. The third-order valence-electron chi connectivity index (χ3n) is 3.53. The number of amides is 1. The Morgan fingerprint density at radius 3 is 2.67 bits per heavy atom. The van der Waals surface area contributed by atoms with E-state index in [0.29, 0.717) is 9.88 Å². The highest BCUT2D eigenvalue weighted by molar-refractivity contribution is 7.17. The minimum atomic E-state index is -1.01. The van der Waals surface area contributed by atoms with E-state index in [-0.39, 0.29) is 11.5 Å². The third kappa shape index (κ3) is 2.87. The molecule has 0 aromatic carbocycles. The molecule has 1 aliphatic rings. The second-order valence-corrected chi connectivity index (χ2v) is 7.52. The molecule has 4 nitrogen and oxygen atoms in total. The second-order valence-electron chi connectivity index (χ2n) is 5.13. The Bertz CT molecular complexity index is 691. The fourth-order valence-corrected chi connectivity index (χ4v) is 4.58. The lowest BCUT2D eigenvalue weighted by molar-refractivity contribution is 0.0698. The zero-order valence-corrected chi connectivity index (χ0v) is 13.2. The van der Waals surface area contributed by atoms with Crippen molar-refractivity contribution < 1.29 is 14.7 Å². The van der Waals surface area contributed by atoms with Crippen LogP contribution in [0.1, 0.15) is 48.2 Å². The number of carboxylic acid groups (broad SMARTS) is 1. The molecule has 2 aromatic rings. The Labute approximate surface area is 130 Å². The van der Waals surface area contributed by atoms with E-state index >= 15 is 0 Å². The van der Waals surface area contributed by atoms with Gasteiger partial charge in [-0.15, -0.1) is 22.7 Å². The first-order chi connectivity index (χ1) is 10.0. The molecule has 0 atom stereocenters. The number of anilines is 1. The highest BCUT2D eigenvalue weighted by atomic mass is 32.1. The number of carbonyl (C=O) groups excluding carboxylic acids is 1. The van der Waals surface area contributed by atoms with Crippen LogP contribution in [0.5, 0.6) is 0 Å². The quantitative estimate of drug-likeness (QED) is 0.899. The van der Waals surface area contributed by atoms with Gasteiger partial charge in [0.25, 0.3) is 5.91 Å². The van der Waals surface area contributed by atoms with Crippen LogP contribution in [0.4, 0.5) is 5.00 Å². The summed E-state index contributed by atoms with van der Waals surface area (Å²) in [7, 11) is 0. The number of hydrogen-bond acceptors (Lipinski definition) is 4. The Morgan fingerprint density at radius 1 is 1.19 bits per heavy atom. The molecule has 3 rings (SSSR count). The summed E-state index contributed by atoms with van der Waals surface area (Å²) in [4.78, 5) is 26.3. The zero-order valence-electron chi connectivity index (χ0n) is 11.6. The Hall–Kier alpha value is -1.66. The lowest BCUT2D eigenvalue weighted by atomic mass is 9.99. The SMILES string of the molecule is Cc1cc(C(=O)O)c(NC(=O)c2cc3c(s2)CCCC3)s1.